The Kier molecular flexibility index (Phi) is 5.47. The summed E-state index contributed by atoms with van der Waals surface area (Å²) in [5.74, 6) is -0.155. The van der Waals surface area contributed by atoms with Crippen LogP contribution in [-0.4, -0.2) is 44.1 Å². The molecule has 1 rings (SSSR count). The summed E-state index contributed by atoms with van der Waals surface area (Å²) >= 11 is 1.20. The number of carbonyl (C=O) groups is 2. The zero-order valence-electron chi connectivity index (χ0n) is 9.50. The molecule has 1 heterocycles. The zero-order chi connectivity index (χ0) is 12.7. The summed E-state index contributed by atoms with van der Waals surface area (Å²) < 4.78 is 1.64. The lowest BCUT2D eigenvalue weighted by Crippen LogP contribution is -2.37. The molecule has 0 bridgehead atoms. The van der Waals surface area contributed by atoms with Crippen LogP contribution in [0.1, 0.15) is 6.92 Å². The van der Waals surface area contributed by atoms with E-state index in [1.807, 2.05) is 6.92 Å². The molecule has 0 aliphatic heterocycles. The Morgan fingerprint density at radius 3 is 2.88 bits per heavy atom. The van der Waals surface area contributed by atoms with Gasteiger partial charge in [-0.1, -0.05) is 0 Å². The van der Waals surface area contributed by atoms with E-state index in [2.05, 4.69) is 15.4 Å². The molecule has 1 atom stereocenters. The molecular formula is C9H15N5O2S. The number of hydrogen-bond donors (Lipinski definition) is 2. The van der Waals surface area contributed by atoms with E-state index < -0.39 is 5.91 Å². The van der Waals surface area contributed by atoms with Crippen molar-refractivity contribution in [2.75, 3.05) is 11.5 Å². The first-order chi connectivity index (χ1) is 8.08. The molecule has 0 aromatic carbocycles. The van der Waals surface area contributed by atoms with Crippen LogP contribution in [0.3, 0.4) is 0 Å². The molecule has 3 N–H and O–H groups in total. The van der Waals surface area contributed by atoms with Gasteiger partial charge >= 0.3 is 0 Å². The maximum absolute atomic E-state index is 11.4. The number of rotatable bonds is 7. The van der Waals surface area contributed by atoms with Crippen molar-refractivity contribution >= 4 is 23.6 Å². The van der Waals surface area contributed by atoms with Gasteiger partial charge in [0.15, 0.2) is 0 Å². The van der Waals surface area contributed by atoms with E-state index in [1.165, 1.54) is 18.1 Å². The van der Waals surface area contributed by atoms with Crippen LogP contribution in [0.15, 0.2) is 12.7 Å². The molecule has 0 fully saturated rings. The summed E-state index contributed by atoms with van der Waals surface area (Å²) in [6, 6.07) is -0.0432. The molecule has 1 aromatic rings. The third-order valence-electron chi connectivity index (χ3n) is 1.81. The van der Waals surface area contributed by atoms with Crippen molar-refractivity contribution in [3.05, 3.63) is 12.7 Å². The molecule has 0 spiro atoms. The molecule has 1 aromatic heterocycles. The molecule has 1 unspecified atom stereocenters. The molecular weight excluding hydrogens is 242 g/mol. The Labute approximate surface area is 103 Å². The van der Waals surface area contributed by atoms with Crippen molar-refractivity contribution in [2.24, 2.45) is 5.73 Å². The van der Waals surface area contributed by atoms with Crippen LogP contribution in [0.5, 0.6) is 0 Å². The number of nitrogens with two attached hydrogens (primary N) is 1. The molecule has 7 nitrogen and oxygen atoms in total. The highest BCUT2D eigenvalue weighted by atomic mass is 32.2. The van der Waals surface area contributed by atoms with E-state index in [0.717, 1.165) is 0 Å². The molecule has 17 heavy (non-hydrogen) atoms. The van der Waals surface area contributed by atoms with Crippen molar-refractivity contribution < 1.29 is 9.59 Å². The highest BCUT2D eigenvalue weighted by Gasteiger charge is 2.08. The number of amides is 2. The summed E-state index contributed by atoms with van der Waals surface area (Å²) in [6.07, 6.45) is 3.03. The van der Waals surface area contributed by atoms with Crippen LogP contribution in [0.25, 0.3) is 0 Å². The summed E-state index contributed by atoms with van der Waals surface area (Å²) in [5, 5.41) is 6.73. The maximum atomic E-state index is 11.4. The Hall–Kier alpha value is -1.57. The number of aromatic nitrogens is 3. The van der Waals surface area contributed by atoms with Crippen LogP contribution in [-0.2, 0) is 16.1 Å². The van der Waals surface area contributed by atoms with E-state index in [4.69, 9.17) is 5.73 Å². The number of thioether (sulfide) groups is 1. The Balaban J connectivity index is 2.19. The average Bonchev–Trinajstić information content (AvgIpc) is 2.69. The van der Waals surface area contributed by atoms with Crippen LogP contribution >= 0.6 is 11.8 Å². The van der Waals surface area contributed by atoms with Crippen molar-refractivity contribution in [3.63, 3.8) is 0 Å². The zero-order valence-corrected chi connectivity index (χ0v) is 10.3. The van der Waals surface area contributed by atoms with Gasteiger partial charge in [-0.15, -0.1) is 11.8 Å². The largest absolute Gasteiger partial charge is 0.369 e. The quantitative estimate of drug-likeness (QED) is 0.652. The van der Waals surface area contributed by atoms with E-state index in [9.17, 15) is 9.59 Å². The number of nitrogens with one attached hydrogen (secondary N) is 1. The van der Waals surface area contributed by atoms with E-state index in [-0.39, 0.29) is 23.5 Å². The fraction of sp³-hybridized carbons (Fsp3) is 0.556. The van der Waals surface area contributed by atoms with Crippen LogP contribution in [0.2, 0.25) is 0 Å². The smallest absolute Gasteiger partial charge is 0.230 e. The SMILES string of the molecule is CC(Cn1cncn1)NC(=O)CSCC(N)=O. The number of primary amides is 1. The lowest BCUT2D eigenvalue weighted by Gasteiger charge is -2.13. The molecule has 0 saturated carbocycles. The van der Waals surface area contributed by atoms with Gasteiger partial charge in [0.2, 0.25) is 11.8 Å². The molecule has 0 aliphatic carbocycles. The molecule has 0 aliphatic rings. The Morgan fingerprint density at radius 2 is 2.29 bits per heavy atom. The second kappa shape index (κ2) is 6.89. The van der Waals surface area contributed by atoms with Gasteiger partial charge in [-0.2, -0.15) is 5.10 Å². The van der Waals surface area contributed by atoms with E-state index in [0.29, 0.717) is 6.54 Å². The lowest BCUT2D eigenvalue weighted by molar-refractivity contribution is -0.119. The van der Waals surface area contributed by atoms with Crippen LogP contribution in [0.4, 0.5) is 0 Å². The molecule has 0 saturated heterocycles. The summed E-state index contributed by atoms with van der Waals surface area (Å²) in [7, 11) is 0. The number of hydrogen-bond acceptors (Lipinski definition) is 5. The molecule has 94 valence electrons. The second-order valence-electron chi connectivity index (χ2n) is 3.55. The summed E-state index contributed by atoms with van der Waals surface area (Å²) in [5.41, 5.74) is 4.96. The predicted octanol–water partition coefficient (Wildman–Crippen LogP) is -0.999. The number of carbonyl (C=O) groups excluding carboxylic acids is 2. The highest BCUT2D eigenvalue weighted by Crippen LogP contribution is 1.98. The maximum Gasteiger partial charge on any atom is 0.230 e. The van der Waals surface area contributed by atoms with Gasteiger partial charge in [0.05, 0.1) is 18.1 Å². The minimum Gasteiger partial charge on any atom is -0.369 e. The minimum atomic E-state index is -0.418. The first-order valence-electron chi connectivity index (χ1n) is 5.05. The lowest BCUT2D eigenvalue weighted by atomic mass is 10.3. The third kappa shape index (κ3) is 5.91. The minimum absolute atomic E-state index is 0.0432. The van der Waals surface area contributed by atoms with Crippen molar-refractivity contribution in [3.8, 4) is 0 Å². The van der Waals surface area contributed by atoms with Crippen LogP contribution in [0, 0.1) is 0 Å². The summed E-state index contributed by atoms with van der Waals surface area (Å²) in [6.45, 7) is 2.44. The first kappa shape index (κ1) is 13.5. The van der Waals surface area contributed by atoms with Crippen molar-refractivity contribution in [1.29, 1.82) is 0 Å². The predicted molar refractivity (Wildman–Crippen MR) is 64.1 cm³/mol. The van der Waals surface area contributed by atoms with Gasteiger partial charge in [0.25, 0.3) is 0 Å². The van der Waals surface area contributed by atoms with Gasteiger partial charge in [0, 0.05) is 6.04 Å². The van der Waals surface area contributed by atoms with Gasteiger partial charge in [-0.3, -0.25) is 14.3 Å². The number of nitrogens with zero attached hydrogens (tertiary/aromatic N) is 3. The fourth-order valence-electron chi connectivity index (χ4n) is 1.21. The van der Waals surface area contributed by atoms with Crippen molar-refractivity contribution in [2.45, 2.75) is 19.5 Å². The molecule has 2 amide bonds. The van der Waals surface area contributed by atoms with Gasteiger partial charge in [0.1, 0.15) is 12.7 Å². The first-order valence-corrected chi connectivity index (χ1v) is 6.21. The topological polar surface area (TPSA) is 103 Å². The standard InChI is InChI=1S/C9H15N5O2S/c1-7(2-14-6-11-5-12-14)13-9(16)4-17-3-8(10)15/h5-7H,2-4H2,1H3,(H2,10,15)(H,13,16). The molecule has 8 heteroatoms. The monoisotopic (exact) mass is 257 g/mol. The average molecular weight is 257 g/mol. The van der Waals surface area contributed by atoms with E-state index in [1.54, 1.807) is 11.0 Å². The fourth-order valence-corrected chi connectivity index (χ4v) is 1.79. The van der Waals surface area contributed by atoms with Crippen molar-refractivity contribution in [1.82, 2.24) is 20.1 Å². The Morgan fingerprint density at radius 1 is 1.53 bits per heavy atom. The van der Waals surface area contributed by atoms with Crippen LogP contribution < -0.4 is 11.1 Å². The normalized spacial score (nSPS) is 12.1. The third-order valence-corrected chi connectivity index (χ3v) is 2.77. The van der Waals surface area contributed by atoms with Gasteiger partial charge < -0.3 is 11.1 Å². The van der Waals surface area contributed by atoms with Gasteiger partial charge in [-0.25, -0.2) is 4.98 Å². The second-order valence-corrected chi connectivity index (χ2v) is 4.53. The molecule has 0 radical (unpaired) electrons. The summed E-state index contributed by atoms with van der Waals surface area (Å²) in [4.78, 5) is 25.7. The Bertz CT molecular complexity index is 367. The van der Waals surface area contributed by atoms with E-state index >= 15 is 0 Å². The van der Waals surface area contributed by atoms with Gasteiger partial charge in [-0.05, 0) is 6.92 Å². The highest BCUT2D eigenvalue weighted by molar-refractivity contribution is 8.00.